The van der Waals surface area contributed by atoms with E-state index in [1.54, 1.807) is 11.3 Å². The lowest BCUT2D eigenvalue weighted by Gasteiger charge is -2.26. The van der Waals surface area contributed by atoms with Crippen molar-refractivity contribution in [3.63, 3.8) is 0 Å². The minimum Gasteiger partial charge on any atom is -0.351 e. The highest BCUT2D eigenvalue weighted by molar-refractivity contribution is 7.22. The maximum atomic E-state index is 4.92. The maximum absolute atomic E-state index is 4.92. The Morgan fingerprint density at radius 2 is 2.08 bits per heavy atom. The lowest BCUT2D eigenvalue weighted by atomic mass is 9.95. The number of benzene rings is 1. The molecule has 0 spiro atoms. The molecule has 1 aliphatic rings. The number of thiophene rings is 1. The molecule has 0 aliphatic carbocycles. The highest BCUT2D eigenvalue weighted by Gasteiger charge is 2.29. The minimum absolute atomic E-state index is 0.377. The standard InChI is InChI=1S/C19H21N3S2/c1-10(2)20-18-16(13-9-11(3)21-12(4)17(13)24-18)19-22-14-7-5-6-8-15(14)23-19/h5-8,11-12,20-21H,1,9H2,2-4H3/t11-,12+/m0/s1. The summed E-state index contributed by atoms with van der Waals surface area (Å²) in [4.78, 5) is 6.34. The summed E-state index contributed by atoms with van der Waals surface area (Å²) in [7, 11) is 0. The molecule has 2 aromatic heterocycles. The fourth-order valence-corrected chi connectivity index (χ4v) is 5.82. The van der Waals surface area contributed by atoms with Crippen LogP contribution in [0.3, 0.4) is 0 Å². The molecule has 0 saturated carbocycles. The first-order chi connectivity index (χ1) is 11.5. The van der Waals surface area contributed by atoms with Gasteiger partial charge in [0.25, 0.3) is 0 Å². The summed E-state index contributed by atoms with van der Waals surface area (Å²) in [5.74, 6) is 0. The van der Waals surface area contributed by atoms with E-state index >= 15 is 0 Å². The number of aromatic nitrogens is 1. The van der Waals surface area contributed by atoms with Gasteiger partial charge < -0.3 is 10.6 Å². The second-order valence-corrected chi connectivity index (χ2v) is 8.62. The number of nitrogens with one attached hydrogen (secondary N) is 2. The minimum atomic E-state index is 0.377. The van der Waals surface area contributed by atoms with Crippen LogP contribution in [0.2, 0.25) is 0 Å². The molecule has 3 aromatic rings. The Balaban J connectivity index is 1.93. The van der Waals surface area contributed by atoms with E-state index in [1.807, 2.05) is 18.3 Å². The fraction of sp³-hybridized carbons (Fsp3) is 0.316. The van der Waals surface area contributed by atoms with Crippen LogP contribution in [0.15, 0.2) is 36.5 Å². The van der Waals surface area contributed by atoms with Gasteiger partial charge in [-0.1, -0.05) is 18.7 Å². The van der Waals surface area contributed by atoms with Gasteiger partial charge >= 0.3 is 0 Å². The Morgan fingerprint density at radius 1 is 1.29 bits per heavy atom. The number of hydrogen-bond acceptors (Lipinski definition) is 5. The van der Waals surface area contributed by atoms with Gasteiger partial charge in [-0.2, -0.15) is 0 Å². The second-order valence-electron chi connectivity index (χ2n) is 6.53. The van der Waals surface area contributed by atoms with Gasteiger partial charge in [-0.3, -0.25) is 0 Å². The first-order valence-electron chi connectivity index (χ1n) is 8.23. The number of allylic oxidation sites excluding steroid dienone is 1. The van der Waals surface area contributed by atoms with E-state index in [2.05, 4.69) is 55.3 Å². The summed E-state index contributed by atoms with van der Waals surface area (Å²) in [5.41, 5.74) is 4.76. The van der Waals surface area contributed by atoms with Gasteiger partial charge in [0.2, 0.25) is 0 Å². The predicted octanol–water partition coefficient (Wildman–Crippen LogP) is 5.57. The van der Waals surface area contributed by atoms with Gasteiger partial charge in [0.05, 0.1) is 10.2 Å². The highest BCUT2D eigenvalue weighted by Crippen LogP contribution is 2.47. The van der Waals surface area contributed by atoms with E-state index in [9.17, 15) is 0 Å². The molecule has 3 nitrogen and oxygen atoms in total. The smallest absolute Gasteiger partial charge is 0.127 e. The molecule has 2 atom stereocenters. The zero-order valence-corrected chi connectivity index (χ0v) is 15.8. The van der Waals surface area contributed by atoms with E-state index in [1.165, 1.54) is 25.7 Å². The van der Waals surface area contributed by atoms with Crippen LogP contribution >= 0.6 is 22.7 Å². The van der Waals surface area contributed by atoms with Crippen LogP contribution < -0.4 is 10.6 Å². The number of hydrogen-bond donors (Lipinski definition) is 2. The number of rotatable bonds is 3. The van der Waals surface area contributed by atoms with E-state index in [4.69, 9.17) is 4.98 Å². The lowest BCUT2D eigenvalue weighted by Crippen LogP contribution is -2.35. The van der Waals surface area contributed by atoms with Crippen molar-refractivity contribution >= 4 is 37.9 Å². The summed E-state index contributed by atoms with van der Waals surface area (Å²) in [6, 6.07) is 9.22. The van der Waals surface area contributed by atoms with E-state index in [0.29, 0.717) is 12.1 Å². The van der Waals surface area contributed by atoms with Crippen molar-refractivity contribution in [2.45, 2.75) is 39.3 Å². The van der Waals surface area contributed by atoms with Gasteiger partial charge in [-0.15, -0.1) is 22.7 Å². The van der Waals surface area contributed by atoms with Gasteiger partial charge in [0.1, 0.15) is 10.0 Å². The van der Waals surface area contributed by atoms with Crippen LogP contribution in [-0.4, -0.2) is 11.0 Å². The van der Waals surface area contributed by atoms with Crippen LogP contribution in [0, 0.1) is 0 Å². The van der Waals surface area contributed by atoms with Crippen molar-refractivity contribution < 1.29 is 0 Å². The third kappa shape index (κ3) is 2.66. The average molecular weight is 356 g/mol. The molecule has 0 bridgehead atoms. The van der Waals surface area contributed by atoms with Crippen molar-refractivity contribution in [1.82, 2.24) is 10.3 Å². The van der Waals surface area contributed by atoms with Crippen molar-refractivity contribution in [1.29, 1.82) is 0 Å². The molecule has 124 valence electrons. The van der Waals surface area contributed by atoms with Crippen LogP contribution in [0.1, 0.15) is 37.3 Å². The zero-order chi connectivity index (χ0) is 16.8. The Morgan fingerprint density at radius 3 is 2.83 bits per heavy atom. The first kappa shape index (κ1) is 15.8. The van der Waals surface area contributed by atoms with Crippen molar-refractivity contribution in [3.8, 4) is 10.6 Å². The molecule has 0 fully saturated rings. The van der Waals surface area contributed by atoms with Gasteiger partial charge in [0, 0.05) is 28.2 Å². The van der Waals surface area contributed by atoms with Gasteiger partial charge in [-0.25, -0.2) is 4.98 Å². The fourth-order valence-electron chi connectivity index (χ4n) is 3.39. The third-order valence-corrected chi connectivity index (χ3v) is 6.70. The lowest BCUT2D eigenvalue weighted by molar-refractivity contribution is 0.453. The van der Waals surface area contributed by atoms with Crippen molar-refractivity contribution in [3.05, 3.63) is 47.0 Å². The number of thiazole rings is 1. The predicted molar refractivity (Wildman–Crippen MR) is 106 cm³/mol. The topological polar surface area (TPSA) is 37.0 Å². The SMILES string of the molecule is C=C(C)Nc1sc2c(c1-c1nc3ccccc3s1)C[C@H](C)N[C@@H]2C. The van der Waals surface area contributed by atoms with Crippen LogP contribution in [0.5, 0.6) is 0 Å². The first-order valence-corrected chi connectivity index (χ1v) is 9.86. The largest absolute Gasteiger partial charge is 0.351 e. The number of fused-ring (bicyclic) bond motifs is 2. The van der Waals surface area contributed by atoms with Crippen molar-refractivity contribution in [2.75, 3.05) is 5.32 Å². The maximum Gasteiger partial charge on any atom is 0.127 e. The summed E-state index contributed by atoms with van der Waals surface area (Å²) < 4.78 is 1.24. The zero-order valence-electron chi connectivity index (χ0n) is 14.1. The molecular weight excluding hydrogens is 334 g/mol. The van der Waals surface area contributed by atoms with Gasteiger partial charge in [-0.05, 0) is 44.9 Å². The second kappa shape index (κ2) is 5.99. The normalized spacial score (nSPS) is 20.1. The van der Waals surface area contributed by atoms with Crippen LogP contribution in [0.25, 0.3) is 20.8 Å². The van der Waals surface area contributed by atoms with E-state index in [0.717, 1.165) is 22.6 Å². The van der Waals surface area contributed by atoms with Gasteiger partial charge in [0.15, 0.2) is 0 Å². The molecule has 1 aromatic carbocycles. The highest BCUT2D eigenvalue weighted by atomic mass is 32.1. The molecule has 0 saturated heterocycles. The molecule has 24 heavy (non-hydrogen) atoms. The number of para-hydroxylation sites is 1. The molecule has 5 heteroatoms. The third-order valence-electron chi connectivity index (χ3n) is 4.31. The summed E-state index contributed by atoms with van der Waals surface area (Å²) in [6.07, 6.45) is 1.04. The molecular formula is C19H21N3S2. The Bertz CT molecular complexity index is 889. The number of anilines is 1. The monoisotopic (exact) mass is 355 g/mol. The van der Waals surface area contributed by atoms with E-state index in [-0.39, 0.29) is 0 Å². The summed E-state index contributed by atoms with van der Waals surface area (Å²) in [6.45, 7) is 10.5. The number of nitrogens with zero attached hydrogens (tertiary/aromatic N) is 1. The van der Waals surface area contributed by atoms with Crippen molar-refractivity contribution in [2.24, 2.45) is 0 Å². The van der Waals surface area contributed by atoms with Crippen LogP contribution in [-0.2, 0) is 6.42 Å². The van der Waals surface area contributed by atoms with E-state index < -0.39 is 0 Å². The Kier molecular flexibility index (Phi) is 3.95. The molecule has 0 unspecified atom stereocenters. The Hall–Kier alpha value is -1.69. The molecule has 1 aliphatic heterocycles. The summed E-state index contributed by atoms with van der Waals surface area (Å²) in [5, 5.41) is 9.41. The van der Waals surface area contributed by atoms with Crippen LogP contribution in [0.4, 0.5) is 5.00 Å². The summed E-state index contributed by atoms with van der Waals surface area (Å²) >= 11 is 3.61. The molecule has 0 amide bonds. The molecule has 0 radical (unpaired) electrons. The Labute approximate surface area is 150 Å². The molecule has 2 N–H and O–H groups in total. The average Bonchev–Trinajstić information content (AvgIpc) is 3.07. The quantitative estimate of drug-likeness (QED) is 0.645. The molecule has 3 heterocycles. The molecule has 4 rings (SSSR count).